The maximum Gasteiger partial charge on any atom is 0.416 e. The van der Waals surface area contributed by atoms with Crippen LogP contribution in [0.15, 0.2) is 66.7 Å². The van der Waals surface area contributed by atoms with Gasteiger partial charge in [0.05, 0.1) is 5.56 Å². The van der Waals surface area contributed by atoms with Crippen LogP contribution in [0.25, 0.3) is 0 Å². The van der Waals surface area contributed by atoms with E-state index in [1.165, 1.54) is 21.9 Å². The van der Waals surface area contributed by atoms with E-state index in [0.717, 1.165) is 30.3 Å². The second-order valence-corrected chi connectivity index (χ2v) is 8.06. The number of alkyl halides is 3. The third-order valence-electron chi connectivity index (χ3n) is 5.52. The minimum absolute atomic E-state index is 0.0608. The molecule has 4 rings (SSSR count). The Morgan fingerprint density at radius 1 is 0.886 bits per heavy atom. The van der Waals surface area contributed by atoms with Crippen LogP contribution in [0.5, 0.6) is 0 Å². The average Bonchev–Trinajstić information content (AvgIpc) is 2.80. The van der Waals surface area contributed by atoms with Gasteiger partial charge in [-0.15, -0.1) is 0 Å². The van der Waals surface area contributed by atoms with E-state index in [2.05, 4.69) is 5.32 Å². The van der Waals surface area contributed by atoms with Crippen molar-refractivity contribution < 1.29 is 31.5 Å². The molecule has 3 aromatic carbocycles. The fourth-order valence-corrected chi connectivity index (χ4v) is 3.83. The van der Waals surface area contributed by atoms with Gasteiger partial charge in [0, 0.05) is 42.6 Å². The number of anilines is 2. The van der Waals surface area contributed by atoms with Crippen molar-refractivity contribution >= 4 is 23.3 Å². The van der Waals surface area contributed by atoms with Crippen molar-refractivity contribution in [2.75, 3.05) is 23.3 Å². The summed E-state index contributed by atoms with van der Waals surface area (Å²) in [5.74, 6) is -2.00. The molecule has 0 aliphatic carbocycles. The van der Waals surface area contributed by atoms with E-state index in [9.17, 15) is 31.5 Å². The van der Waals surface area contributed by atoms with Crippen LogP contribution in [-0.4, -0.2) is 29.9 Å². The van der Waals surface area contributed by atoms with Crippen LogP contribution in [0.1, 0.15) is 27.9 Å². The first-order chi connectivity index (χ1) is 16.6. The minimum atomic E-state index is -4.49. The number of urea groups is 1. The van der Waals surface area contributed by atoms with Crippen molar-refractivity contribution in [3.8, 4) is 0 Å². The first-order valence-corrected chi connectivity index (χ1v) is 10.7. The lowest BCUT2D eigenvalue weighted by atomic mass is 10.1. The first kappa shape index (κ1) is 24.2. The number of rotatable bonds is 5. The smallest absolute Gasteiger partial charge is 0.322 e. The lowest BCUT2D eigenvalue weighted by Crippen LogP contribution is -2.49. The zero-order chi connectivity index (χ0) is 25.2. The quantitative estimate of drug-likeness (QED) is 0.443. The van der Waals surface area contributed by atoms with Crippen molar-refractivity contribution in [3.63, 3.8) is 0 Å². The Labute approximate surface area is 197 Å². The number of nitrogens with one attached hydrogen (secondary N) is 1. The lowest BCUT2D eigenvalue weighted by molar-refractivity contribution is -0.137. The van der Waals surface area contributed by atoms with Crippen LogP contribution < -0.4 is 10.2 Å². The van der Waals surface area contributed by atoms with Crippen LogP contribution >= 0.6 is 0 Å². The van der Waals surface area contributed by atoms with Crippen molar-refractivity contribution in [2.45, 2.75) is 19.1 Å². The molecule has 35 heavy (non-hydrogen) atoms. The second-order valence-electron chi connectivity index (χ2n) is 8.06. The lowest BCUT2D eigenvalue weighted by Gasteiger charge is -2.35. The van der Waals surface area contributed by atoms with Crippen LogP contribution in [0.2, 0.25) is 0 Å². The molecule has 1 N–H and O–H groups in total. The normalized spacial score (nSPS) is 14.3. The second kappa shape index (κ2) is 9.73. The maximum absolute atomic E-state index is 13.5. The number of nitrogens with zero attached hydrogens (tertiary/aromatic N) is 2. The van der Waals surface area contributed by atoms with Gasteiger partial charge in [-0.1, -0.05) is 0 Å². The highest BCUT2D eigenvalue weighted by Gasteiger charge is 2.30. The molecule has 0 bridgehead atoms. The van der Waals surface area contributed by atoms with Crippen molar-refractivity contribution in [2.24, 2.45) is 0 Å². The van der Waals surface area contributed by atoms with Gasteiger partial charge in [0.15, 0.2) is 0 Å². The third-order valence-corrected chi connectivity index (χ3v) is 5.52. The Balaban J connectivity index is 1.41. The number of hydrogen-bond donors (Lipinski definition) is 1. The van der Waals surface area contributed by atoms with Gasteiger partial charge in [0.2, 0.25) is 0 Å². The van der Waals surface area contributed by atoms with Crippen LogP contribution in [0, 0.1) is 11.6 Å². The summed E-state index contributed by atoms with van der Waals surface area (Å²) in [7, 11) is 0. The monoisotopic (exact) mass is 489 g/mol. The molecule has 0 radical (unpaired) electrons. The van der Waals surface area contributed by atoms with E-state index in [-0.39, 0.29) is 18.1 Å². The molecule has 0 spiro atoms. The van der Waals surface area contributed by atoms with E-state index in [1.807, 2.05) is 0 Å². The Bertz CT molecular complexity index is 1210. The summed E-state index contributed by atoms with van der Waals surface area (Å²) >= 11 is 0. The highest BCUT2D eigenvalue weighted by molar-refractivity contribution is 6.04. The Morgan fingerprint density at radius 2 is 1.51 bits per heavy atom. The molecule has 3 aromatic rings. The fourth-order valence-electron chi connectivity index (χ4n) is 3.83. The van der Waals surface area contributed by atoms with E-state index in [1.54, 1.807) is 24.3 Å². The van der Waals surface area contributed by atoms with Gasteiger partial charge >= 0.3 is 12.2 Å². The van der Waals surface area contributed by atoms with Gasteiger partial charge in [-0.05, 0) is 72.6 Å². The number of amides is 3. The van der Waals surface area contributed by atoms with Gasteiger partial charge in [0.25, 0.3) is 5.91 Å². The van der Waals surface area contributed by atoms with Crippen molar-refractivity contribution in [1.29, 1.82) is 0 Å². The number of halogens is 5. The molecular weight excluding hydrogens is 469 g/mol. The zero-order valence-corrected chi connectivity index (χ0v) is 18.3. The number of carbonyl (C=O) groups is 2. The number of hydrogen-bond acceptors (Lipinski definition) is 2. The van der Waals surface area contributed by atoms with Crippen LogP contribution in [0.3, 0.4) is 0 Å². The summed E-state index contributed by atoms with van der Waals surface area (Å²) < 4.78 is 65.1. The highest BCUT2D eigenvalue weighted by Crippen LogP contribution is 2.29. The third kappa shape index (κ3) is 5.76. The van der Waals surface area contributed by atoms with E-state index in [0.29, 0.717) is 36.4 Å². The Kier molecular flexibility index (Phi) is 6.72. The van der Waals surface area contributed by atoms with E-state index < -0.39 is 29.3 Å². The molecule has 5 nitrogen and oxygen atoms in total. The summed E-state index contributed by atoms with van der Waals surface area (Å²) in [5, 5.41) is 2.60. The Morgan fingerprint density at radius 3 is 2.11 bits per heavy atom. The molecule has 1 fully saturated rings. The Hall–Kier alpha value is -3.95. The van der Waals surface area contributed by atoms with Gasteiger partial charge in [-0.2, -0.15) is 13.2 Å². The summed E-state index contributed by atoms with van der Waals surface area (Å²) in [4.78, 5) is 28.3. The van der Waals surface area contributed by atoms with Crippen molar-refractivity contribution in [1.82, 2.24) is 4.90 Å². The number of carbonyl (C=O) groups excluding carboxylic acids is 2. The molecule has 1 saturated heterocycles. The first-order valence-electron chi connectivity index (χ1n) is 10.7. The van der Waals surface area contributed by atoms with Crippen molar-refractivity contribution in [3.05, 3.63) is 95.1 Å². The summed E-state index contributed by atoms with van der Waals surface area (Å²) in [6, 6.07) is 13.1. The molecule has 1 aliphatic rings. The minimum Gasteiger partial charge on any atom is -0.322 e. The van der Waals surface area contributed by atoms with Gasteiger partial charge in [0.1, 0.15) is 11.6 Å². The fraction of sp³-hybridized carbons (Fsp3) is 0.200. The molecule has 0 unspecified atom stereocenters. The average molecular weight is 489 g/mol. The predicted octanol–water partition coefficient (Wildman–Crippen LogP) is 6.07. The maximum atomic E-state index is 13.5. The topological polar surface area (TPSA) is 52.7 Å². The molecule has 1 aliphatic heterocycles. The molecule has 10 heteroatoms. The highest BCUT2D eigenvalue weighted by atomic mass is 19.4. The van der Waals surface area contributed by atoms with E-state index in [4.69, 9.17) is 0 Å². The predicted molar refractivity (Wildman–Crippen MR) is 120 cm³/mol. The molecule has 0 aromatic heterocycles. The molecule has 3 amide bonds. The SMILES string of the molecule is O=C(Nc1ccc(N2CCCN(Cc3cc(F)cc(F)c3)C2=O)cc1)c1ccc(C(F)(F)F)cc1. The summed E-state index contributed by atoms with van der Waals surface area (Å²) in [6.45, 7) is 0.949. The van der Waals surface area contributed by atoms with Crippen LogP contribution in [-0.2, 0) is 12.7 Å². The molecule has 0 atom stereocenters. The molecule has 1 heterocycles. The van der Waals surface area contributed by atoms with Gasteiger partial charge in [-0.25, -0.2) is 13.6 Å². The molecule has 0 saturated carbocycles. The standard InChI is InChI=1S/C25H20F5N3O2/c26-19-12-16(13-20(27)14-19)15-32-10-1-11-33(24(32)35)22-8-6-21(7-9-22)31-23(34)17-2-4-18(5-3-17)25(28,29)30/h2-9,12-14H,1,10-11,15H2,(H,31,34). The number of benzene rings is 3. The summed E-state index contributed by atoms with van der Waals surface area (Å²) in [6.07, 6.45) is -3.84. The van der Waals surface area contributed by atoms with Gasteiger partial charge in [-0.3, -0.25) is 9.69 Å². The van der Waals surface area contributed by atoms with E-state index >= 15 is 0 Å². The van der Waals surface area contributed by atoms with Crippen LogP contribution in [0.4, 0.5) is 38.1 Å². The molecular formula is C25H20F5N3O2. The summed E-state index contributed by atoms with van der Waals surface area (Å²) in [5.41, 5.74) is 0.533. The van der Waals surface area contributed by atoms with Gasteiger partial charge < -0.3 is 10.2 Å². The zero-order valence-electron chi connectivity index (χ0n) is 18.3. The molecule has 182 valence electrons. The largest absolute Gasteiger partial charge is 0.416 e.